The molecule has 4 heterocycles. The third-order valence-electron chi connectivity index (χ3n) is 5.66. The maximum atomic E-state index is 13.8. The lowest BCUT2D eigenvalue weighted by Crippen LogP contribution is -2.39. The fourth-order valence-corrected chi connectivity index (χ4v) is 4.71. The Bertz CT molecular complexity index is 1240. The molecule has 1 saturated heterocycles. The van der Waals surface area contributed by atoms with E-state index in [4.69, 9.17) is 14.8 Å². The molecular weight excluding hydrogens is 415 g/mol. The van der Waals surface area contributed by atoms with Gasteiger partial charge in [-0.25, -0.2) is 13.9 Å². The van der Waals surface area contributed by atoms with Crippen LogP contribution >= 0.6 is 11.3 Å². The van der Waals surface area contributed by atoms with Gasteiger partial charge in [0.15, 0.2) is 11.5 Å². The molecule has 1 atom stereocenters. The van der Waals surface area contributed by atoms with Crippen molar-refractivity contribution < 1.29 is 13.9 Å². The van der Waals surface area contributed by atoms with Crippen LogP contribution in [0.3, 0.4) is 0 Å². The lowest BCUT2D eigenvalue weighted by atomic mass is 9.97. The molecule has 6 nitrogen and oxygen atoms in total. The number of hydrogen-bond acceptors (Lipinski definition) is 5. The number of nitrogens with zero attached hydrogens (tertiary/aromatic N) is 4. The number of piperidine rings is 1. The van der Waals surface area contributed by atoms with Crippen molar-refractivity contribution in [2.75, 3.05) is 20.2 Å². The van der Waals surface area contributed by atoms with Gasteiger partial charge in [-0.1, -0.05) is 0 Å². The predicted octanol–water partition coefficient (Wildman–Crippen LogP) is 4.63. The Labute approximate surface area is 182 Å². The van der Waals surface area contributed by atoms with Crippen LogP contribution in [0, 0.1) is 5.82 Å². The number of ether oxygens (including phenoxy) is 1. The van der Waals surface area contributed by atoms with Gasteiger partial charge >= 0.3 is 0 Å². The average Bonchev–Trinajstić information content (AvgIpc) is 3.48. The number of methoxy groups -OCH3 is 1. The molecule has 1 aromatic carbocycles. The minimum atomic E-state index is -0.326. The summed E-state index contributed by atoms with van der Waals surface area (Å²) >= 11 is 1.53. The van der Waals surface area contributed by atoms with E-state index in [2.05, 4.69) is 0 Å². The second kappa shape index (κ2) is 8.11. The molecule has 0 saturated carbocycles. The van der Waals surface area contributed by atoms with E-state index in [1.807, 2.05) is 40.1 Å². The highest BCUT2D eigenvalue weighted by Crippen LogP contribution is 2.31. The van der Waals surface area contributed by atoms with Gasteiger partial charge in [0.25, 0.3) is 5.91 Å². The molecule has 8 heteroatoms. The van der Waals surface area contributed by atoms with E-state index < -0.39 is 0 Å². The number of likely N-dealkylation sites (tertiary alicyclic amines) is 1. The van der Waals surface area contributed by atoms with Gasteiger partial charge in [-0.05, 0) is 54.6 Å². The third-order valence-corrected chi connectivity index (χ3v) is 6.34. The summed E-state index contributed by atoms with van der Waals surface area (Å²) < 4.78 is 20.9. The fraction of sp³-hybridized carbons (Fsp3) is 0.261. The molecule has 0 radical (unpaired) electrons. The number of hydrogen-bond donors (Lipinski definition) is 0. The second-order valence-electron chi connectivity index (χ2n) is 7.64. The quantitative estimate of drug-likeness (QED) is 0.468. The zero-order chi connectivity index (χ0) is 21.4. The van der Waals surface area contributed by atoms with Crippen LogP contribution in [0.4, 0.5) is 4.39 Å². The lowest BCUT2D eigenvalue weighted by molar-refractivity contribution is 0.0705. The molecular formula is C23H21FN4O2S. The van der Waals surface area contributed by atoms with Crippen LogP contribution in [0.5, 0.6) is 5.75 Å². The van der Waals surface area contributed by atoms with Crippen LogP contribution in [0.1, 0.15) is 34.9 Å². The van der Waals surface area contributed by atoms with Crippen molar-refractivity contribution in [1.82, 2.24) is 19.5 Å². The number of halogens is 1. The highest BCUT2D eigenvalue weighted by molar-refractivity contribution is 7.08. The van der Waals surface area contributed by atoms with E-state index in [9.17, 15) is 9.18 Å². The summed E-state index contributed by atoms with van der Waals surface area (Å²) in [5.41, 5.74) is 2.91. The van der Waals surface area contributed by atoms with Crippen LogP contribution in [-0.2, 0) is 0 Å². The van der Waals surface area contributed by atoms with Gasteiger partial charge < -0.3 is 9.64 Å². The van der Waals surface area contributed by atoms with E-state index >= 15 is 0 Å². The second-order valence-corrected chi connectivity index (χ2v) is 8.42. The number of benzene rings is 1. The van der Waals surface area contributed by atoms with Crippen molar-refractivity contribution in [1.29, 1.82) is 0 Å². The van der Waals surface area contributed by atoms with E-state index in [0.717, 1.165) is 42.0 Å². The Hall–Kier alpha value is -3.26. The maximum Gasteiger partial charge on any atom is 0.254 e. The van der Waals surface area contributed by atoms with Gasteiger partial charge in [0.1, 0.15) is 11.6 Å². The molecule has 0 bridgehead atoms. The van der Waals surface area contributed by atoms with E-state index in [0.29, 0.717) is 17.9 Å². The summed E-state index contributed by atoms with van der Waals surface area (Å²) in [5, 5.41) is 8.50. The van der Waals surface area contributed by atoms with Crippen LogP contribution in [-0.4, -0.2) is 45.6 Å². The topological polar surface area (TPSA) is 59.7 Å². The van der Waals surface area contributed by atoms with Gasteiger partial charge in [-0.2, -0.15) is 16.4 Å². The summed E-state index contributed by atoms with van der Waals surface area (Å²) in [6.45, 7) is 1.36. The highest BCUT2D eigenvalue weighted by Gasteiger charge is 2.28. The maximum absolute atomic E-state index is 13.8. The van der Waals surface area contributed by atoms with Gasteiger partial charge in [-0.3, -0.25) is 4.79 Å². The first-order valence-electron chi connectivity index (χ1n) is 10.1. The number of fused-ring (bicyclic) bond motifs is 1. The minimum Gasteiger partial charge on any atom is -0.496 e. The van der Waals surface area contributed by atoms with Gasteiger partial charge in [-0.15, -0.1) is 0 Å². The Balaban J connectivity index is 1.43. The van der Waals surface area contributed by atoms with Crippen LogP contribution in [0.2, 0.25) is 0 Å². The summed E-state index contributed by atoms with van der Waals surface area (Å²) in [7, 11) is 1.56. The molecule has 1 amide bonds. The van der Waals surface area contributed by atoms with E-state index in [1.54, 1.807) is 17.7 Å². The predicted molar refractivity (Wildman–Crippen MR) is 117 cm³/mol. The number of rotatable bonds is 4. The molecule has 3 aromatic heterocycles. The molecule has 1 aliphatic rings. The molecule has 1 aliphatic heterocycles. The molecule has 4 aromatic rings. The summed E-state index contributed by atoms with van der Waals surface area (Å²) in [6, 6.07) is 10.1. The van der Waals surface area contributed by atoms with Crippen LogP contribution < -0.4 is 4.74 Å². The monoisotopic (exact) mass is 436 g/mol. The average molecular weight is 437 g/mol. The summed E-state index contributed by atoms with van der Waals surface area (Å²) in [4.78, 5) is 19.3. The Morgan fingerprint density at radius 2 is 2.16 bits per heavy atom. The molecule has 0 aliphatic carbocycles. The van der Waals surface area contributed by atoms with Gasteiger partial charge in [0.05, 0.1) is 12.7 Å². The zero-order valence-electron chi connectivity index (χ0n) is 17.0. The number of aromatic nitrogens is 3. The number of pyridine rings is 1. The zero-order valence-corrected chi connectivity index (χ0v) is 17.8. The standard InChI is InChI=1S/C23H21FN4O2S/c1-30-20-6-5-18(24)11-19(20)15-4-7-21-25-22(26-28(21)13-15)16-3-2-9-27(12-16)23(29)17-8-10-31-14-17/h4-8,10-11,13-14,16H,2-3,9,12H2,1H3/t16-/m1/s1. The van der Waals surface area contributed by atoms with Crippen molar-refractivity contribution in [3.63, 3.8) is 0 Å². The molecule has 158 valence electrons. The Kier molecular flexibility index (Phi) is 5.15. The Morgan fingerprint density at radius 3 is 2.97 bits per heavy atom. The first kappa shape index (κ1) is 19.7. The normalized spacial score (nSPS) is 16.6. The van der Waals surface area contributed by atoms with Crippen LogP contribution in [0.15, 0.2) is 53.4 Å². The number of carbonyl (C=O) groups excluding carboxylic acids is 1. The number of carbonyl (C=O) groups is 1. The van der Waals surface area contributed by atoms with Gasteiger partial charge in [0, 0.05) is 41.7 Å². The molecule has 0 N–H and O–H groups in total. The third kappa shape index (κ3) is 3.79. The van der Waals surface area contributed by atoms with Crippen molar-refractivity contribution in [3.8, 4) is 16.9 Å². The molecule has 0 spiro atoms. The van der Waals surface area contributed by atoms with E-state index in [-0.39, 0.29) is 17.6 Å². The highest BCUT2D eigenvalue weighted by atomic mass is 32.1. The summed E-state index contributed by atoms with van der Waals surface area (Å²) in [6.07, 6.45) is 3.69. The first-order chi connectivity index (χ1) is 15.1. The Morgan fingerprint density at radius 1 is 1.26 bits per heavy atom. The lowest BCUT2D eigenvalue weighted by Gasteiger charge is -2.31. The van der Waals surface area contributed by atoms with Gasteiger partial charge in [0.2, 0.25) is 0 Å². The van der Waals surface area contributed by atoms with E-state index in [1.165, 1.54) is 23.5 Å². The number of thiophene rings is 1. The minimum absolute atomic E-state index is 0.0650. The first-order valence-corrected chi connectivity index (χ1v) is 11.1. The van der Waals surface area contributed by atoms with Crippen molar-refractivity contribution in [2.45, 2.75) is 18.8 Å². The SMILES string of the molecule is COc1ccc(F)cc1-c1ccc2nc([C@@H]3CCCN(C(=O)c4ccsc4)C3)nn2c1. The number of amides is 1. The van der Waals surface area contributed by atoms with Crippen molar-refractivity contribution in [2.24, 2.45) is 0 Å². The smallest absolute Gasteiger partial charge is 0.254 e. The molecule has 1 fully saturated rings. The van der Waals surface area contributed by atoms with Crippen LogP contribution in [0.25, 0.3) is 16.8 Å². The molecule has 31 heavy (non-hydrogen) atoms. The molecule has 0 unspecified atom stereocenters. The largest absolute Gasteiger partial charge is 0.496 e. The fourth-order valence-electron chi connectivity index (χ4n) is 4.08. The van der Waals surface area contributed by atoms with Crippen molar-refractivity contribution >= 4 is 22.9 Å². The summed E-state index contributed by atoms with van der Waals surface area (Å²) in [5.74, 6) is 1.15. The van der Waals surface area contributed by atoms with Crippen molar-refractivity contribution in [3.05, 3.63) is 70.6 Å². The molecule has 5 rings (SSSR count).